The first kappa shape index (κ1) is 14.3. The van der Waals surface area contributed by atoms with E-state index in [1.165, 1.54) is 29.7 Å². The quantitative estimate of drug-likeness (QED) is 0.811. The molecule has 1 unspecified atom stereocenters. The van der Waals surface area contributed by atoms with Gasteiger partial charge in [0.2, 0.25) is 0 Å². The van der Waals surface area contributed by atoms with Crippen molar-refractivity contribution in [2.24, 2.45) is 0 Å². The van der Waals surface area contributed by atoms with Crippen molar-refractivity contribution in [3.8, 4) is 5.75 Å². The van der Waals surface area contributed by atoms with E-state index in [0.29, 0.717) is 11.7 Å². The third-order valence-corrected chi connectivity index (χ3v) is 4.77. The summed E-state index contributed by atoms with van der Waals surface area (Å²) in [4.78, 5) is 1.52. The van der Waals surface area contributed by atoms with Gasteiger partial charge in [-0.15, -0.1) is 11.3 Å². The summed E-state index contributed by atoms with van der Waals surface area (Å²) in [5.74, 6) is 0.761. The fraction of sp³-hybridized carbons (Fsp3) is 0.412. The largest absolute Gasteiger partial charge is 0.489 e. The van der Waals surface area contributed by atoms with Crippen LogP contribution in [0.1, 0.15) is 43.2 Å². The monoisotopic (exact) mass is 302 g/mol. The normalized spacial score (nSPS) is 17.6. The number of nitrogens with one attached hydrogen (secondary N) is 1. The number of ether oxygens (including phenoxy) is 1. The van der Waals surface area contributed by atoms with Crippen molar-refractivity contribution in [2.75, 3.05) is 11.1 Å². The Morgan fingerprint density at radius 2 is 2.19 bits per heavy atom. The van der Waals surface area contributed by atoms with Crippen LogP contribution in [0.5, 0.6) is 5.75 Å². The van der Waals surface area contributed by atoms with E-state index in [-0.39, 0.29) is 6.10 Å². The van der Waals surface area contributed by atoms with Gasteiger partial charge in [-0.25, -0.2) is 0 Å². The van der Waals surface area contributed by atoms with Crippen molar-refractivity contribution < 1.29 is 4.74 Å². The Bertz CT molecular complexity index is 621. The van der Waals surface area contributed by atoms with Crippen LogP contribution in [-0.4, -0.2) is 6.10 Å². The highest BCUT2D eigenvalue weighted by atomic mass is 32.1. The van der Waals surface area contributed by atoms with E-state index in [1.54, 1.807) is 0 Å². The van der Waals surface area contributed by atoms with E-state index in [1.807, 2.05) is 43.4 Å². The predicted octanol–water partition coefficient (Wildman–Crippen LogP) is 4.61. The average molecular weight is 302 g/mol. The highest BCUT2D eigenvalue weighted by molar-refractivity contribution is 7.10. The minimum Gasteiger partial charge on any atom is -0.489 e. The summed E-state index contributed by atoms with van der Waals surface area (Å²) in [5, 5.41) is 5.83. The lowest BCUT2D eigenvalue weighted by atomic mass is 9.94. The Morgan fingerprint density at radius 3 is 3.00 bits per heavy atom. The Balaban J connectivity index is 1.80. The molecule has 4 heteroatoms. The van der Waals surface area contributed by atoms with Crippen LogP contribution < -0.4 is 15.8 Å². The Labute approximate surface area is 130 Å². The molecular formula is C17H22N2OS. The number of aryl methyl sites for hydroxylation is 1. The summed E-state index contributed by atoms with van der Waals surface area (Å²) in [5.41, 5.74) is 9.20. The molecule has 0 fully saturated rings. The molecule has 0 aliphatic heterocycles. The second-order valence-corrected chi connectivity index (χ2v) is 6.81. The zero-order chi connectivity index (χ0) is 14.8. The second kappa shape index (κ2) is 5.98. The molecule has 112 valence electrons. The minimum atomic E-state index is 0.126. The molecule has 0 saturated heterocycles. The average Bonchev–Trinajstić information content (AvgIpc) is 2.91. The second-order valence-electron chi connectivity index (χ2n) is 5.81. The zero-order valence-electron chi connectivity index (χ0n) is 12.6. The van der Waals surface area contributed by atoms with Crippen LogP contribution in [0.4, 0.5) is 11.4 Å². The van der Waals surface area contributed by atoms with Gasteiger partial charge in [0.1, 0.15) is 5.75 Å². The molecule has 3 rings (SSSR count). The highest BCUT2D eigenvalue weighted by Gasteiger charge is 2.21. The molecule has 1 aliphatic rings. The molecule has 3 N–H and O–H groups in total. The number of nitrogen functional groups attached to an aromatic ring is 1. The topological polar surface area (TPSA) is 47.3 Å². The van der Waals surface area contributed by atoms with Gasteiger partial charge in [-0.05, 0) is 62.3 Å². The summed E-state index contributed by atoms with van der Waals surface area (Å²) in [6, 6.07) is 8.60. The fourth-order valence-electron chi connectivity index (χ4n) is 2.82. The lowest BCUT2D eigenvalue weighted by Gasteiger charge is -2.25. The number of thiophene rings is 1. The molecule has 21 heavy (non-hydrogen) atoms. The first-order valence-electron chi connectivity index (χ1n) is 7.52. The first-order valence-corrected chi connectivity index (χ1v) is 8.40. The fourth-order valence-corrected chi connectivity index (χ4v) is 3.81. The van der Waals surface area contributed by atoms with E-state index in [0.717, 1.165) is 11.4 Å². The molecule has 0 bridgehead atoms. The number of fused-ring (bicyclic) bond motifs is 1. The van der Waals surface area contributed by atoms with Crippen molar-refractivity contribution in [3.63, 3.8) is 0 Å². The molecule has 0 saturated carbocycles. The molecule has 0 amide bonds. The van der Waals surface area contributed by atoms with Gasteiger partial charge < -0.3 is 15.8 Å². The van der Waals surface area contributed by atoms with Crippen LogP contribution in [-0.2, 0) is 6.42 Å². The van der Waals surface area contributed by atoms with Crippen molar-refractivity contribution >= 4 is 22.7 Å². The van der Waals surface area contributed by atoms with Crippen molar-refractivity contribution in [1.29, 1.82) is 0 Å². The van der Waals surface area contributed by atoms with E-state index >= 15 is 0 Å². The molecular weight excluding hydrogens is 280 g/mol. The van der Waals surface area contributed by atoms with Crippen LogP contribution in [0.2, 0.25) is 0 Å². The minimum absolute atomic E-state index is 0.126. The van der Waals surface area contributed by atoms with Gasteiger partial charge in [-0.1, -0.05) is 0 Å². The van der Waals surface area contributed by atoms with E-state index < -0.39 is 0 Å². The smallest absolute Gasteiger partial charge is 0.144 e. The summed E-state index contributed by atoms with van der Waals surface area (Å²) >= 11 is 1.87. The summed E-state index contributed by atoms with van der Waals surface area (Å²) in [6.45, 7) is 4.02. The molecule has 1 heterocycles. The predicted molar refractivity (Wildman–Crippen MR) is 90.2 cm³/mol. The standard InChI is InChI=1S/C17H22N2OS/c1-11(2)20-16-10-12(6-7-14(16)18)19-15-4-3-5-17-13(15)8-9-21-17/h6-11,15,19H,3-5,18H2,1-2H3. The molecule has 1 atom stereocenters. The number of rotatable bonds is 4. The van der Waals surface area contributed by atoms with Gasteiger partial charge in [0, 0.05) is 16.6 Å². The van der Waals surface area contributed by atoms with Crippen molar-refractivity contribution in [1.82, 2.24) is 0 Å². The van der Waals surface area contributed by atoms with Gasteiger partial charge in [-0.3, -0.25) is 0 Å². The molecule has 1 aromatic carbocycles. The summed E-state index contributed by atoms with van der Waals surface area (Å²) < 4.78 is 5.77. The van der Waals surface area contributed by atoms with Crippen LogP contribution in [0.15, 0.2) is 29.6 Å². The maximum Gasteiger partial charge on any atom is 0.144 e. The molecule has 0 spiro atoms. The van der Waals surface area contributed by atoms with Crippen molar-refractivity contribution in [3.05, 3.63) is 40.1 Å². The van der Waals surface area contributed by atoms with Gasteiger partial charge in [0.05, 0.1) is 17.8 Å². The highest BCUT2D eigenvalue weighted by Crippen LogP contribution is 2.36. The number of anilines is 2. The zero-order valence-corrected chi connectivity index (χ0v) is 13.4. The lowest BCUT2D eigenvalue weighted by Crippen LogP contribution is -2.16. The Kier molecular flexibility index (Phi) is 4.06. The van der Waals surface area contributed by atoms with E-state index in [4.69, 9.17) is 10.5 Å². The number of nitrogens with two attached hydrogens (primary N) is 1. The third-order valence-electron chi connectivity index (χ3n) is 3.77. The maximum atomic E-state index is 5.98. The number of benzene rings is 1. The van der Waals surface area contributed by atoms with Crippen LogP contribution >= 0.6 is 11.3 Å². The van der Waals surface area contributed by atoms with Crippen LogP contribution in [0.3, 0.4) is 0 Å². The van der Waals surface area contributed by atoms with Crippen LogP contribution in [0, 0.1) is 0 Å². The van der Waals surface area contributed by atoms with Gasteiger partial charge in [-0.2, -0.15) is 0 Å². The molecule has 1 aliphatic carbocycles. The number of hydrogen-bond acceptors (Lipinski definition) is 4. The third kappa shape index (κ3) is 3.16. The summed E-state index contributed by atoms with van der Waals surface area (Å²) in [6.07, 6.45) is 3.76. The maximum absolute atomic E-state index is 5.98. The van der Waals surface area contributed by atoms with Crippen molar-refractivity contribution in [2.45, 2.75) is 45.3 Å². The SMILES string of the molecule is CC(C)Oc1cc(NC2CCCc3sccc32)ccc1N. The van der Waals surface area contributed by atoms with E-state index in [2.05, 4.69) is 16.8 Å². The van der Waals surface area contributed by atoms with Gasteiger partial charge in [0.25, 0.3) is 0 Å². The van der Waals surface area contributed by atoms with Crippen LogP contribution in [0.25, 0.3) is 0 Å². The molecule has 1 aromatic heterocycles. The Morgan fingerprint density at radius 1 is 1.33 bits per heavy atom. The summed E-state index contributed by atoms with van der Waals surface area (Å²) in [7, 11) is 0. The van der Waals surface area contributed by atoms with Gasteiger partial charge >= 0.3 is 0 Å². The molecule has 0 radical (unpaired) electrons. The lowest BCUT2D eigenvalue weighted by molar-refractivity contribution is 0.244. The molecule has 2 aromatic rings. The van der Waals surface area contributed by atoms with E-state index in [9.17, 15) is 0 Å². The van der Waals surface area contributed by atoms with Gasteiger partial charge in [0.15, 0.2) is 0 Å². The first-order chi connectivity index (χ1) is 10.1. The number of hydrogen-bond donors (Lipinski definition) is 2. The molecule has 3 nitrogen and oxygen atoms in total. The Hall–Kier alpha value is -1.68.